The number of urea groups is 1. The zero-order chi connectivity index (χ0) is 23.6. The molecule has 2 heterocycles. The van der Waals surface area contributed by atoms with Gasteiger partial charge in [0.2, 0.25) is 0 Å². The summed E-state index contributed by atoms with van der Waals surface area (Å²) in [5, 5.41) is 10.0. The number of hydrogen-bond donors (Lipinski definition) is 1. The van der Waals surface area contributed by atoms with E-state index in [1.807, 2.05) is 0 Å². The van der Waals surface area contributed by atoms with Crippen molar-refractivity contribution in [1.29, 1.82) is 0 Å². The summed E-state index contributed by atoms with van der Waals surface area (Å²) in [4.78, 5) is 27.7. The first-order valence-electron chi connectivity index (χ1n) is 10.2. The Bertz CT molecular complexity index is 996. The number of halogens is 1. The molecule has 3 rings (SSSR count). The molecule has 2 aliphatic rings. The molecule has 0 bridgehead atoms. The number of carbonyl (C=O) groups excluding carboxylic acids is 2. The van der Waals surface area contributed by atoms with E-state index in [0.717, 1.165) is 22.5 Å². The van der Waals surface area contributed by atoms with E-state index in [1.54, 1.807) is 32.3 Å². The van der Waals surface area contributed by atoms with Crippen LogP contribution in [0.25, 0.3) is 5.57 Å². The zero-order valence-electron chi connectivity index (χ0n) is 18.3. The van der Waals surface area contributed by atoms with Crippen LogP contribution in [-0.2, 0) is 15.0 Å². The summed E-state index contributed by atoms with van der Waals surface area (Å²) in [5.41, 5.74) is 1.75. The number of hydrogen-bond acceptors (Lipinski definition) is 5. The van der Waals surface area contributed by atoms with Gasteiger partial charge in [-0.05, 0) is 29.7 Å². The molecule has 1 saturated heterocycles. The Kier molecular flexibility index (Phi) is 7.18. The van der Waals surface area contributed by atoms with Gasteiger partial charge in [-0.1, -0.05) is 18.2 Å². The van der Waals surface area contributed by atoms with Gasteiger partial charge in [0.25, 0.3) is 16.1 Å². The van der Waals surface area contributed by atoms with E-state index in [9.17, 15) is 27.6 Å². The summed E-state index contributed by atoms with van der Waals surface area (Å²) >= 11 is 0. The highest BCUT2D eigenvalue weighted by Crippen LogP contribution is 2.27. The Morgan fingerprint density at radius 3 is 2.28 bits per heavy atom. The van der Waals surface area contributed by atoms with Crippen molar-refractivity contribution < 1.29 is 27.6 Å². The molecule has 0 spiro atoms. The lowest BCUT2D eigenvalue weighted by Crippen LogP contribution is -2.64. The van der Waals surface area contributed by atoms with Gasteiger partial charge in [-0.3, -0.25) is 10.0 Å². The first-order valence-corrected chi connectivity index (χ1v) is 11.6. The largest absolute Gasteiger partial charge is 0.331 e. The lowest BCUT2D eigenvalue weighted by atomic mass is 10.0. The fraction of sp³-hybridized carbons (Fsp3) is 0.500. The van der Waals surface area contributed by atoms with Crippen LogP contribution in [0, 0.1) is 5.82 Å². The Hall–Kier alpha value is -2.54. The number of likely N-dealkylation sites (N-methyl/N-ethyl adjacent to an activating group) is 1. The number of amides is 3. The molecule has 3 amide bonds. The normalized spacial score (nSPS) is 20.6. The molecule has 0 radical (unpaired) electrons. The molecule has 0 saturated carbocycles. The monoisotopic (exact) mass is 469 g/mol. The Labute approximate surface area is 187 Å². The van der Waals surface area contributed by atoms with Crippen molar-refractivity contribution >= 4 is 27.7 Å². The summed E-state index contributed by atoms with van der Waals surface area (Å²) in [6, 6.07) is 4.43. The molecular weight excluding hydrogens is 441 g/mol. The molecule has 1 aromatic rings. The molecule has 0 unspecified atom stereocenters. The van der Waals surface area contributed by atoms with E-state index in [2.05, 4.69) is 0 Å². The fourth-order valence-electron chi connectivity index (χ4n) is 3.85. The van der Waals surface area contributed by atoms with Gasteiger partial charge >= 0.3 is 6.03 Å². The molecule has 1 fully saturated rings. The number of carbonyl (C=O) groups is 2. The van der Waals surface area contributed by atoms with E-state index in [-0.39, 0.29) is 44.6 Å². The second-order valence-corrected chi connectivity index (χ2v) is 9.84. The van der Waals surface area contributed by atoms with Gasteiger partial charge in [0, 0.05) is 53.9 Å². The highest BCUT2D eigenvalue weighted by Gasteiger charge is 2.44. The minimum atomic E-state index is -4.04. The number of benzene rings is 1. The maximum Gasteiger partial charge on any atom is 0.319 e. The van der Waals surface area contributed by atoms with Crippen LogP contribution in [-0.4, -0.2) is 109 Å². The topological polar surface area (TPSA) is 105 Å². The summed E-state index contributed by atoms with van der Waals surface area (Å²) in [5.74, 6) is -1.16. The smallest absolute Gasteiger partial charge is 0.319 e. The lowest BCUT2D eigenvalue weighted by Gasteiger charge is -2.42. The molecule has 0 aromatic heterocycles. The fourth-order valence-corrected chi connectivity index (χ4v) is 5.52. The van der Waals surface area contributed by atoms with Gasteiger partial charge in [-0.15, -0.1) is 0 Å². The molecule has 0 aliphatic carbocycles. The van der Waals surface area contributed by atoms with Gasteiger partial charge in [0.1, 0.15) is 11.9 Å². The maximum absolute atomic E-state index is 13.4. The summed E-state index contributed by atoms with van der Waals surface area (Å²) in [7, 11) is 0.218. The van der Waals surface area contributed by atoms with Gasteiger partial charge in [-0.25, -0.2) is 14.2 Å². The van der Waals surface area contributed by atoms with E-state index in [4.69, 9.17) is 0 Å². The standard InChI is InChI=1S/C20H28FN5O5S/c1-22(2)20(28)24-12-13-26(18(14-24)19(27)23(3)29)32(30,31)25-10-8-16(9-11-25)15-4-6-17(21)7-5-15/h4-8,18,29H,9-14H2,1-3H3/t18-/m1/s1. The predicted molar refractivity (Wildman–Crippen MR) is 115 cm³/mol. The summed E-state index contributed by atoms with van der Waals surface area (Å²) < 4.78 is 42.3. The molecule has 2 aliphatic heterocycles. The summed E-state index contributed by atoms with van der Waals surface area (Å²) in [6.07, 6.45) is 2.21. The predicted octanol–water partition coefficient (Wildman–Crippen LogP) is 0.675. The average molecular weight is 470 g/mol. The SMILES string of the molecule is CN(C)C(=O)N1CCN(S(=O)(=O)N2CC=C(c3ccc(F)cc3)CC2)[C@@H](C(=O)N(C)O)C1. The Morgan fingerprint density at radius 2 is 1.75 bits per heavy atom. The molecule has 32 heavy (non-hydrogen) atoms. The van der Waals surface area contributed by atoms with Crippen LogP contribution in [0.3, 0.4) is 0 Å². The lowest BCUT2D eigenvalue weighted by molar-refractivity contribution is -0.165. The minimum absolute atomic E-state index is 0.0722. The number of nitrogens with zero attached hydrogens (tertiary/aromatic N) is 5. The third-order valence-electron chi connectivity index (χ3n) is 5.60. The van der Waals surface area contributed by atoms with Crippen LogP contribution < -0.4 is 0 Å². The third kappa shape index (κ3) is 4.93. The number of rotatable bonds is 4. The maximum atomic E-state index is 13.4. The Morgan fingerprint density at radius 1 is 1.09 bits per heavy atom. The number of hydroxylamine groups is 2. The van der Waals surface area contributed by atoms with Crippen LogP contribution in [0.4, 0.5) is 9.18 Å². The van der Waals surface area contributed by atoms with Crippen LogP contribution in [0.1, 0.15) is 12.0 Å². The van der Waals surface area contributed by atoms with Crippen molar-refractivity contribution in [2.75, 3.05) is 53.9 Å². The molecular formula is C20H28FN5O5S. The second-order valence-electron chi connectivity index (χ2n) is 7.96. The van der Waals surface area contributed by atoms with Crippen molar-refractivity contribution in [1.82, 2.24) is 23.5 Å². The van der Waals surface area contributed by atoms with Crippen molar-refractivity contribution in [3.8, 4) is 0 Å². The van der Waals surface area contributed by atoms with Crippen LogP contribution >= 0.6 is 0 Å². The van der Waals surface area contributed by atoms with E-state index in [0.29, 0.717) is 11.5 Å². The zero-order valence-corrected chi connectivity index (χ0v) is 19.1. The molecule has 10 nitrogen and oxygen atoms in total. The van der Waals surface area contributed by atoms with Crippen LogP contribution in [0.2, 0.25) is 0 Å². The second kappa shape index (κ2) is 9.53. The van der Waals surface area contributed by atoms with Gasteiger partial charge < -0.3 is 9.80 Å². The molecule has 1 N–H and O–H groups in total. The molecule has 176 valence electrons. The van der Waals surface area contributed by atoms with Crippen LogP contribution in [0.15, 0.2) is 30.3 Å². The van der Waals surface area contributed by atoms with Crippen molar-refractivity contribution in [2.45, 2.75) is 12.5 Å². The van der Waals surface area contributed by atoms with Gasteiger partial charge in [0.05, 0.1) is 0 Å². The van der Waals surface area contributed by atoms with Crippen molar-refractivity contribution in [2.24, 2.45) is 0 Å². The molecule has 12 heteroatoms. The van der Waals surface area contributed by atoms with E-state index in [1.165, 1.54) is 26.2 Å². The highest BCUT2D eigenvalue weighted by molar-refractivity contribution is 7.86. The third-order valence-corrected chi connectivity index (χ3v) is 7.61. The van der Waals surface area contributed by atoms with E-state index >= 15 is 0 Å². The highest BCUT2D eigenvalue weighted by atomic mass is 32.2. The Balaban J connectivity index is 1.80. The van der Waals surface area contributed by atoms with Crippen LogP contribution in [0.5, 0.6) is 0 Å². The van der Waals surface area contributed by atoms with Gasteiger partial charge in [-0.2, -0.15) is 17.0 Å². The van der Waals surface area contributed by atoms with Crippen molar-refractivity contribution in [3.05, 3.63) is 41.7 Å². The van der Waals surface area contributed by atoms with Crippen molar-refractivity contribution in [3.63, 3.8) is 0 Å². The minimum Gasteiger partial charge on any atom is -0.331 e. The first-order chi connectivity index (χ1) is 15.0. The van der Waals surface area contributed by atoms with Gasteiger partial charge in [0.15, 0.2) is 0 Å². The first kappa shape index (κ1) is 24.1. The molecule has 1 atom stereocenters. The summed E-state index contributed by atoms with van der Waals surface area (Å²) in [6.45, 7) is 0.182. The molecule has 1 aromatic carbocycles. The number of piperazine rings is 1. The average Bonchev–Trinajstić information content (AvgIpc) is 2.78. The van der Waals surface area contributed by atoms with E-state index < -0.39 is 22.2 Å². The quantitative estimate of drug-likeness (QED) is 0.516.